The molecule has 0 aliphatic rings. The molecule has 0 N–H and O–H groups in total. The number of hydrogen-bond donors (Lipinski definition) is 0. The van der Waals surface area contributed by atoms with E-state index in [1.54, 1.807) is 24.4 Å². The summed E-state index contributed by atoms with van der Waals surface area (Å²) in [6.45, 7) is 3.63. The van der Waals surface area contributed by atoms with Crippen LogP contribution >= 0.6 is 0 Å². The van der Waals surface area contributed by atoms with Crippen molar-refractivity contribution in [2.24, 2.45) is 0 Å². The Kier molecular flexibility index (Phi) is 5.40. The van der Waals surface area contributed by atoms with E-state index in [4.69, 9.17) is 4.74 Å². The van der Waals surface area contributed by atoms with Gasteiger partial charge in [0.05, 0.1) is 19.3 Å². The van der Waals surface area contributed by atoms with Gasteiger partial charge in [0.1, 0.15) is 18.4 Å². The molecule has 3 aromatic rings. The first-order chi connectivity index (χ1) is 12.2. The first-order valence-electron chi connectivity index (χ1n) is 8.26. The van der Waals surface area contributed by atoms with Crippen molar-refractivity contribution in [3.8, 4) is 5.75 Å². The van der Waals surface area contributed by atoms with Crippen LogP contribution in [0.5, 0.6) is 5.75 Å². The summed E-state index contributed by atoms with van der Waals surface area (Å²) in [6, 6.07) is 12.5. The molecule has 0 unspecified atom stereocenters. The maximum absolute atomic E-state index is 5.49. The molecule has 2 heterocycles. The average Bonchev–Trinajstić information content (AvgIpc) is 3.15. The Labute approximate surface area is 148 Å². The fourth-order valence-electron chi connectivity index (χ4n) is 2.82. The highest BCUT2D eigenvalue weighted by molar-refractivity contribution is 5.37. The third-order valence-corrected chi connectivity index (χ3v) is 4.35. The van der Waals surface area contributed by atoms with Gasteiger partial charge in [-0.15, -0.1) is 0 Å². The number of pyridine rings is 1. The molecule has 0 amide bonds. The van der Waals surface area contributed by atoms with Crippen LogP contribution < -0.4 is 4.74 Å². The van der Waals surface area contributed by atoms with Crippen LogP contribution in [0.1, 0.15) is 29.8 Å². The molecule has 1 atom stereocenters. The van der Waals surface area contributed by atoms with Gasteiger partial charge in [0.25, 0.3) is 0 Å². The monoisotopic (exact) mass is 337 g/mol. The largest absolute Gasteiger partial charge is 0.496 e. The third kappa shape index (κ3) is 4.22. The van der Waals surface area contributed by atoms with E-state index >= 15 is 0 Å². The number of nitrogens with zero attached hydrogens (tertiary/aromatic N) is 5. The van der Waals surface area contributed by atoms with Crippen LogP contribution in [0.25, 0.3) is 0 Å². The molecule has 3 rings (SSSR count). The second-order valence-electron chi connectivity index (χ2n) is 6.08. The maximum atomic E-state index is 5.49. The molecule has 6 heteroatoms. The minimum Gasteiger partial charge on any atom is -0.496 e. The zero-order chi connectivity index (χ0) is 17.6. The van der Waals surface area contributed by atoms with Crippen molar-refractivity contribution in [1.82, 2.24) is 24.6 Å². The SMILES string of the molecule is COc1ccc(CN(C)[C@@H](C)c2ccccn2)cc1Cn1cncn1. The number of aromatic nitrogens is 4. The van der Waals surface area contributed by atoms with Crippen molar-refractivity contribution in [2.45, 2.75) is 26.1 Å². The number of methoxy groups -OCH3 is 1. The highest BCUT2D eigenvalue weighted by Crippen LogP contribution is 2.24. The van der Waals surface area contributed by atoms with Crippen LogP contribution in [0.3, 0.4) is 0 Å². The Morgan fingerprint density at radius 1 is 1.24 bits per heavy atom. The van der Waals surface area contributed by atoms with Gasteiger partial charge < -0.3 is 4.74 Å². The van der Waals surface area contributed by atoms with Gasteiger partial charge in [0, 0.05) is 24.3 Å². The maximum Gasteiger partial charge on any atom is 0.137 e. The first-order valence-corrected chi connectivity index (χ1v) is 8.26. The molecule has 130 valence electrons. The molecule has 0 saturated carbocycles. The normalized spacial score (nSPS) is 12.3. The summed E-state index contributed by atoms with van der Waals surface area (Å²) in [5.41, 5.74) is 3.38. The van der Waals surface area contributed by atoms with Gasteiger partial charge in [-0.2, -0.15) is 5.10 Å². The summed E-state index contributed by atoms with van der Waals surface area (Å²) in [5.74, 6) is 0.861. The van der Waals surface area contributed by atoms with Gasteiger partial charge in [-0.3, -0.25) is 9.88 Å². The number of rotatable bonds is 7. The predicted octanol–water partition coefficient (Wildman–Crippen LogP) is 2.92. The van der Waals surface area contributed by atoms with E-state index in [1.807, 2.05) is 24.4 Å². The Balaban J connectivity index is 1.75. The fourth-order valence-corrected chi connectivity index (χ4v) is 2.82. The lowest BCUT2D eigenvalue weighted by Gasteiger charge is -2.24. The van der Waals surface area contributed by atoms with Gasteiger partial charge in [-0.25, -0.2) is 9.67 Å². The van der Waals surface area contributed by atoms with Crippen LogP contribution in [0, 0.1) is 0 Å². The minimum absolute atomic E-state index is 0.238. The van der Waals surface area contributed by atoms with E-state index in [9.17, 15) is 0 Å². The van der Waals surface area contributed by atoms with E-state index in [0.29, 0.717) is 6.54 Å². The lowest BCUT2D eigenvalue weighted by atomic mass is 10.1. The molecule has 0 radical (unpaired) electrons. The Hall–Kier alpha value is -2.73. The first kappa shape index (κ1) is 17.1. The van der Waals surface area contributed by atoms with Crippen molar-refractivity contribution in [3.63, 3.8) is 0 Å². The highest BCUT2D eigenvalue weighted by Gasteiger charge is 2.14. The summed E-state index contributed by atoms with van der Waals surface area (Å²) in [6.07, 6.45) is 5.09. The van der Waals surface area contributed by atoms with Gasteiger partial charge in [-0.05, 0) is 43.8 Å². The van der Waals surface area contributed by atoms with Crippen LogP contribution in [0.2, 0.25) is 0 Å². The molecule has 0 fully saturated rings. The standard InChI is InChI=1S/C19H23N5O/c1-15(18-6-4-5-9-21-18)23(2)11-16-7-8-19(25-3)17(10-16)12-24-14-20-13-22-24/h4-10,13-15H,11-12H2,1-3H3/t15-/m0/s1. The second kappa shape index (κ2) is 7.90. The topological polar surface area (TPSA) is 56.1 Å². The quantitative estimate of drug-likeness (QED) is 0.663. The van der Waals surface area contributed by atoms with Gasteiger partial charge in [-0.1, -0.05) is 12.1 Å². The summed E-state index contributed by atoms with van der Waals surface area (Å²) in [4.78, 5) is 10.7. The molecule has 2 aromatic heterocycles. The molecule has 0 saturated heterocycles. The fraction of sp³-hybridized carbons (Fsp3) is 0.316. The van der Waals surface area contributed by atoms with E-state index in [1.165, 1.54) is 5.56 Å². The molecule has 0 bridgehead atoms. The number of hydrogen-bond acceptors (Lipinski definition) is 5. The molecule has 1 aromatic carbocycles. The average molecular weight is 337 g/mol. The zero-order valence-electron chi connectivity index (χ0n) is 14.8. The molecular weight excluding hydrogens is 314 g/mol. The second-order valence-corrected chi connectivity index (χ2v) is 6.08. The lowest BCUT2D eigenvalue weighted by molar-refractivity contribution is 0.248. The van der Waals surface area contributed by atoms with Gasteiger partial charge in [0.15, 0.2) is 0 Å². The summed E-state index contributed by atoms with van der Waals surface area (Å²) >= 11 is 0. The summed E-state index contributed by atoms with van der Waals surface area (Å²) < 4.78 is 7.28. The summed E-state index contributed by atoms with van der Waals surface area (Å²) in [5, 5.41) is 4.18. The van der Waals surface area contributed by atoms with Crippen LogP contribution in [-0.2, 0) is 13.1 Å². The van der Waals surface area contributed by atoms with E-state index in [0.717, 1.165) is 23.6 Å². The molecule has 0 aliphatic carbocycles. The lowest BCUT2D eigenvalue weighted by Crippen LogP contribution is -2.22. The predicted molar refractivity (Wildman–Crippen MR) is 96.2 cm³/mol. The molecule has 6 nitrogen and oxygen atoms in total. The Morgan fingerprint density at radius 2 is 2.12 bits per heavy atom. The molecule has 25 heavy (non-hydrogen) atoms. The van der Waals surface area contributed by atoms with Crippen molar-refractivity contribution in [1.29, 1.82) is 0 Å². The van der Waals surface area contributed by atoms with Crippen molar-refractivity contribution >= 4 is 0 Å². The Morgan fingerprint density at radius 3 is 2.80 bits per heavy atom. The summed E-state index contributed by atoms with van der Waals surface area (Å²) in [7, 11) is 3.80. The third-order valence-electron chi connectivity index (χ3n) is 4.35. The number of ether oxygens (including phenoxy) is 1. The van der Waals surface area contributed by atoms with Gasteiger partial charge in [0.2, 0.25) is 0 Å². The highest BCUT2D eigenvalue weighted by atomic mass is 16.5. The van der Waals surface area contributed by atoms with Crippen LogP contribution in [0.4, 0.5) is 0 Å². The minimum atomic E-state index is 0.238. The van der Waals surface area contributed by atoms with E-state index in [-0.39, 0.29) is 6.04 Å². The zero-order valence-corrected chi connectivity index (χ0v) is 14.8. The molecule has 0 spiro atoms. The molecule has 0 aliphatic heterocycles. The van der Waals surface area contributed by atoms with E-state index < -0.39 is 0 Å². The van der Waals surface area contributed by atoms with Crippen LogP contribution in [-0.4, -0.2) is 38.8 Å². The van der Waals surface area contributed by atoms with Crippen molar-refractivity contribution in [2.75, 3.05) is 14.2 Å². The van der Waals surface area contributed by atoms with E-state index in [2.05, 4.69) is 52.1 Å². The van der Waals surface area contributed by atoms with Gasteiger partial charge >= 0.3 is 0 Å². The number of benzene rings is 1. The van der Waals surface area contributed by atoms with Crippen molar-refractivity contribution in [3.05, 3.63) is 72.1 Å². The smallest absolute Gasteiger partial charge is 0.137 e. The Bertz CT molecular complexity index is 789. The molecular formula is C19H23N5O. The van der Waals surface area contributed by atoms with Crippen molar-refractivity contribution < 1.29 is 4.74 Å². The van der Waals surface area contributed by atoms with Crippen LogP contribution in [0.15, 0.2) is 55.2 Å².